The highest BCUT2D eigenvalue weighted by Gasteiger charge is 2.51. The van der Waals surface area contributed by atoms with E-state index in [9.17, 15) is 9.90 Å². The Morgan fingerprint density at radius 2 is 1.89 bits per heavy atom. The molecule has 1 N–H and O–H groups in total. The summed E-state index contributed by atoms with van der Waals surface area (Å²) in [5, 5.41) is 9.25. The Labute approximate surface area is 111 Å². The van der Waals surface area contributed by atoms with E-state index in [4.69, 9.17) is 4.42 Å². The second-order valence-electron chi connectivity index (χ2n) is 5.27. The number of carbonyl (C=O) groups is 1. The summed E-state index contributed by atoms with van der Waals surface area (Å²) >= 11 is 0. The molecule has 0 unspecified atom stereocenters. The van der Waals surface area contributed by atoms with Crippen LogP contribution in [0.15, 0.2) is 40.8 Å². The van der Waals surface area contributed by atoms with Crippen LogP contribution in [-0.4, -0.2) is 11.1 Å². The number of furan rings is 1. The maximum Gasteiger partial charge on any atom is 0.314 e. The van der Waals surface area contributed by atoms with Crippen LogP contribution in [0.3, 0.4) is 0 Å². The zero-order valence-electron chi connectivity index (χ0n) is 10.8. The smallest absolute Gasteiger partial charge is 0.314 e. The first-order valence-corrected chi connectivity index (χ1v) is 6.48. The number of aliphatic carboxylic acids is 1. The van der Waals surface area contributed by atoms with Gasteiger partial charge in [-0.2, -0.15) is 0 Å². The summed E-state index contributed by atoms with van der Waals surface area (Å²) in [4.78, 5) is 11.2. The third kappa shape index (κ3) is 2.16. The highest BCUT2D eigenvalue weighted by atomic mass is 16.4. The third-order valence-corrected chi connectivity index (χ3v) is 3.84. The Balaban J connectivity index is 1.78. The Hall–Kier alpha value is -2.03. The van der Waals surface area contributed by atoms with E-state index in [1.165, 1.54) is 0 Å². The Kier molecular flexibility index (Phi) is 2.70. The molecule has 0 radical (unpaired) electrons. The van der Waals surface area contributed by atoms with Crippen LogP contribution in [0, 0.1) is 6.92 Å². The second kappa shape index (κ2) is 4.26. The van der Waals surface area contributed by atoms with E-state index in [0.29, 0.717) is 0 Å². The summed E-state index contributed by atoms with van der Waals surface area (Å²) in [5.41, 5.74) is 1.44. The van der Waals surface area contributed by atoms with E-state index < -0.39 is 11.4 Å². The molecule has 0 atom stereocenters. The minimum Gasteiger partial charge on any atom is -0.481 e. The molecule has 2 aromatic rings. The molecule has 0 amide bonds. The van der Waals surface area contributed by atoms with Gasteiger partial charge in [-0.1, -0.05) is 24.3 Å². The van der Waals surface area contributed by atoms with Crippen LogP contribution in [0.2, 0.25) is 0 Å². The predicted molar refractivity (Wildman–Crippen MR) is 71.2 cm³/mol. The van der Waals surface area contributed by atoms with E-state index in [2.05, 4.69) is 0 Å². The number of benzene rings is 1. The number of hydrogen-bond donors (Lipinski definition) is 1. The van der Waals surface area contributed by atoms with Crippen molar-refractivity contribution in [3.05, 3.63) is 59.0 Å². The Bertz CT molecular complexity index is 603. The van der Waals surface area contributed by atoms with Crippen molar-refractivity contribution in [2.75, 3.05) is 0 Å². The van der Waals surface area contributed by atoms with Gasteiger partial charge in [-0.15, -0.1) is 0 Å². The lowest BCUT2D eigenvalue weighted by Crippen LogP contribution is -2.19. The maximum absolute atomic E-state index is 11.2. The molecule has 1 saturated carbocycles. The Morgan fingerprint density at radius 1 is 1.21 bits per heavy atom. The summed E-state index contributed by atoms with van der Waals surface area (Å²) in [6.45, 7) is 1.93. The summed E-state index contributed by atoms with van der Waals surface area (Å²) < 4.78 is 5.54. The van der Waals surface area contributed by atoms with Crippen molar-refractivity contribution in [2.24, 2.45) is 0 Å². The predicted octanol–water partition coefficient (Wildman–Crippen LogP) is 3.30. The standard InChI is InChI=1S/C16H16O3/c1-11-2-7-14(19-11)10-12-3-5-13(6-4-12)16(8-9-16)15(17)18/h2-7H,8-10H2,1H3,(H,17,18). The molecule has 3 rings (SSSR count). The summed E-state index contributed by atoms with van der Waals surface area (Å²) in [6.07, 6.45) is 2.24. The SMILES string of the molecule is Cc1ccc(Cc2ccc(C3(C(=O)O)CC3)cc2)o1. The minimum atomic E-state index is -0.707. The average molecular weight is 256 g/mol. The van der Waals surface area contributed by atoms with Crippen molar-refractivity contribution in [3.8, 4) is 0 Å². The normalized spacial score (nSPS) is 16.3. The molecular formula is C16H16O3. The molecule has 1 fully saturated rings. The first-order chi connectivity index (χ1) is 9.10. The fraction of sp³-hybridized carbons (Fsp3) is 0.312. The second-order valence-corrected chi connectivity index (χ2v) is 5.27. The molecule has 0 saturated heterocycles. The van der Waals surface area contributed by atoms with Gasteiger partial charge in [0.1, 0.15) is 11.5 Å². The maximum atomic E-state index is 11.2. The van der Waals surface area contributed by atoms with Crippen LogP contribution >= 0.6 is 0 Å². The van der Waals surface area contributed by atoms with E-state index in [1.54, 1.807) is 0 Å². The van der Waals surface area contributed by atoms with Crippen LogP contribution in [0.25, 0.3) is 0 Å². The van der Waals surface area contributed by atoms with E-state index in [0.717, 1.165) is 41.9 Å². The van der Waals surface area contributed by atoms with Crippen molar-refractivity contribution >= 4 is 5.97 Å². The van der Waals surface area contributed by atoms with Gasteiger partial charge >= 0.3 is 5.97 Å². The lowest BCUT2D eigenvalue weighted by molar-refractivity contribution is -0.140. The fourth-order valence-electron chi connectivity index (χ4n) is 2.47. The topological polar surface area (TPSA) is 50.4 Å². The number of carboxylic acid groups (broad SMARTS) is 1. The largest absolute Gasteiger partial charge is 0.481 e. The van der Waals surface area contributed by atoms with Crippen LogP contribution < -0.4 is 0 Å². The highest BCUT2D eigenvalue weighted by Crippen LogP contribution is 2.48. The van der Waals surface area contributed by atoms with E-state index in [-0.39, 0.29) is 0 Å². The summed E-state index contributed by atoms with van der Waals surface area (Å²) in [7, 11) is 0. The number of hydrogen-bond acceptors (Lipinski definition) is 2. The molecule has 1 aromatic carbocycles. The summed E-state index contributed by atoms with van der Waals surface area (Å²) in [6, 6.07) is 11.8. The molecule has 1 heterocycles. The van der Waals surface area contributed by atoms with E-state index >= 15 is 0 Å². The minimum absolute atomic E-state index is 0.611. The molecule has 1 aliphatic carbocycles. The fourth-order valence-corrected chi connectivity index (χ4v) is 2.47. The highest BCUT2D eigenvalue weighted by molar-refractivity contribution is 5.84. The van der Waals surface area contributed by atoms with Gasteiger partial charge in [0.05, 0.1) is 5.41 Å². The van der Waals surface area contributed by atoms with Crippen molar-refractivity contribution in [2.45, 2.75) is 31.6 Å². The van der Waals surface area contributed by atoms with Crippen LogP contribution in [0.1, 0.15) is 35.5 Å². The van der Waals surface area contributed by atoms with Crippen molar-refractivity contribution in [1.29, 1.82) is 0 Å². The zero-order chi connectivity index (χ0) is 13.5. The van der Waals surface area contributed by atoms with Gasteiger partial charge in [0.2, 0.25) is 0 Å². The van der Waals surface area contributed by atoms with Gasteiger partial charge in [0.15, 0.2) is 0 Å². The molecular weight excluding hydrogens is 240 g/mol. The Morgan fingerprint density at radius 3 is 2.37 bits per heavy atom. The number of aryl methyl sites for hydroxylation is 1. The molecule has 3 nitrogen and oxygen atoms in total. The molecule has 19 heavy (non-hydrogen) atoms. The molecule has 0 aliphatic heterocycles. The first-order valence-electron chi connectivity index (χ1n) is 6.48. The van der Waals surface area contributed by atoms with Crippen molar-refractivity contribution < 1.29 is 14.3 Å². The zero-order valence-corrected chi connectivity index (χ0v) is 10.8. The third-order valence-electron chi connectivity index (χ3n) is 3.84. The molecule has 0 bridgehead atoms. The van der Waals surface area contributed by atoms with Gasteiger partial charge in [-0.25, -0.2) is 0 Å². The van der Waals surface area contributed by atoms with Crippen LogP contribution in [0.4, 0.5) is 0 Å². The number of carboxylic acids is 1. The number of rotatable bonds is 4. The molecule has 98 valence electrons. The van der Waals surface area contributed by atoms with Crippen LogP contribution in [-0.2, 0) is 16.6 Å². The van der Waals surface area contributed by atoms with Crippen LogP contribution in [0.5, 0.6) is 0 Å². The van der Waals surface area contributed by atoms with Gasteiger partial charge in [-0.05, 0) is 43.0 Å². The monoisotopic (exact) mass is 256 g/mol. The van der Waals surface area contributed by atoms with Gasteiger partial charge in [-0.3, -0.25) is 4.79 Å². The molecule has 1 aromatic heterocycles. The van der Waals surface area contributed by atoms with Gasteiger partial charge in [0, 0.05) is 6.42 Å². The lowest BCUT2D eigenvalue weighted by Gasteiger charge is -2.10. The van der Waals surface area contributed by atoms with Crippen molar-refractivity contribution in [3.63, 3.8) is 0 Å². The lowest BCUT2D eigenvalue weighted by atomic mass is 9.94. The van der Waals surface area contributed by atoms with Crippen molar-refractivity contribution in [1.82, 2.24) is 0 Å². The quantitative estimate of drug-likeness (QED) is 0.913. The average Bonchev–Trinajstić information content (AvgIpc) is 3.10. The van der Waals surface area contributed by atoms with Gasteiger partial charge in [0.25, 0.3) is 0 Å². The molecule has 0 spiro atoms. The van der Waals surface area contributed by atoms with E-state index in [1.807, 2.05) is 43.3 Å². The molecule has 3 heteroatoms. The first kappa shape index (κ1) is 12.0. The molecule has 1 aliphatic rings. The summed E-state index contributed by atoms with van der Waals surface area (Å²) in [5.74, 6) is 1.14. The van der Waals surface area contributed by atoms with Gasteiger partial charge < -0.3 is 9.52 Å².